The first-order valence-electron chi connectivity index (χ1n) is 4.45. The highest BCUT2D eigenvalue weighted by molar-refractivity contribution is 5.79. The van der Waals surface area contributed by atoms with Crippen molar-refractivity contribution in [3.8, 4) is 0 Å². The van der Waals surface area contributed by atoms with Gasteiger partial charge in [0.25, 0.3) is 0 Å². The number of methoxy groups -OCH3 is 1. The predicted molar refractivity (Wildman–Crippen MR) is 52.6 cm³/mol. The number of aromatic nitrogens is 1. The van der Waals surface area contributed by atoms with E-state index in [0.717, 1.165) is 7.11 Å². The number of carbonyl (C=O) groups excluding carboxylic acids is 2. The summed E-state index contributed by atoms with van der Waals surface area (Å²) in [6, 6.07) is 1.37. The highest BCUT2D eigenvalue weighted by Crippen LogP contribution is 2.19. The lowest BCUT2D eigenvalue weighted by Crippen LogP contribution is -2.29. The fourth-order valence-corrected chi connectivity index (χ4v) is 1.19. The number of rotatable bonds is 4. The van der Waals surface area contributed by atoms with Crippen molar-refractivity contribution >= 4 is 12.3 Å². The smallest absolute Gasteiger partial charge is 0.337 e. The third kappa shape index (κ3) is 2.41. The Balaban J connectivity index is 2.99. The molecule has 86 valence electrons. The second-order valence-electron chi connectivity index (χ2n) is 3.04. The van der Waals surface area contributed by atoms with Crippen LogP contribution in [0.1, 0.15) is 22.0 Å². The van der Waals surface area contributed by atoms with Gasteiger partial charge in [-0.1, -0.05) is 0 Å². The molecule has 0 fully saturated rings. The molecule has 0 spiro atoms. The van der Waals surface area contributed by atoms with E-state index in [2.05, 4.69) is 9.72 Å². The Morgan fingerprint density at radius 1 is 1.56 bits per heavy atom. The summed E-state index contributed by atoms with van der Waals surface area (Å²) in [6.45, 7) is 0. The molecule has 2 N–H and O–H groups in total. The van der Waals surface area contributed by atoms with Gasteiger partial charge in [0.15, 0.2) is 12.4 Å². The van der Waals surface area contributed by atoms with E-state index in [-0.39, 0.29) is 11.1 Å². The molecular weight excluding hydrogens is 214 g/mol. The van der Waals surface area contributed by atoms with Crippen LogP contribution in [0.15, 0.2) is 18.5 Å². The predicted octanol–water partition coefficient (Wildman–Crippen LogP) is -0.539. The minimum atomic E-state index is -1.74. The highest BCUT2D eigenvalue weighted by atomic mass is 16.5. The van der Waals surface area contributed by atoms with Gasteiger partial charge in [-0.2, -0.15) is 0 Å². The third-order valence-electron chi connectivity index (χ3n) is 2.07. The summed E-state index contributed by atoms with van der Waals surface area (Å²) >= 11 is 0. The summed E-state index contributed by atoms with van der Waals surface area (Å²) in [4.78, 5) is 25.3. The molecule has 2 unspecified atom stereocenters. The van der Waals surface area contributed by atoms with E-state index < -0.39 is 18.2 Å². The maximum absolute atomic E-state index is 11.0. The van der Waals surface area contributed by atoms with Gasteiger partial charge in [0.2, 0.25) is 0 Å². The van der Waals surface area contributed by atoms with Gasteiger partial charge >= 0.3 is 5.97 Å². The number of carbonyl (C=O) groups is 2. The largest absolute Gasteiger partial charge is 0.467 e. The Kier molecular flexibility index (Phi) is 4.10. The topological polar surface area (TPSA) is 96.7 Å². The molecule has 1 rings (SSSR count). The molecule has 0 aromatic carbocycles. The summed E-state index contributed by atoms with van der Waals surface area (Å²) in [5.41, 5.74) is 0.237. The number of pyridine rings is 1. The van der Waals surface area contributed by atoms with Gasteiger partial charge in [0.05, 0.1) is 7.11 Å². The molecule has 0 aliphatic rings. The van der Waals surface area contributed by atoms with Crippen molar-refractivity contribution in [2.24, 2.45) is 0 Å². The van der Waals surface area contributed by atoms with Crippen molar-refractivity contribution in [2.75, 3.05) is 7.11 Å². The van der Waals surface area contributed by atoms with Crippen LogP contribution >= 0.6 is 0 Å². The van der Waals surface area contributed by atoms with Crippen LogP contribution in [0, 0.1) is 0 Å². The molecule has 6 nitrogen and oxygen atoms in total. The van der Waals surface area contributed by atoms with Gasteiger partial charge in [0, 0.05) is 23.5 Å². The van der Waals surface area contributed by atoms with Crippen molar-refractivity contribution in [2.45, 2.75) is 12.2 Å². The van der Waals surface area contributed by atoms with Crippen molar-refractivity contribution in [3.05, 3.63) is 29.6 Å². The average Bonchev–Trinajstić information content (AvgIpc) is 2.35. The maximum Gasteiger partial charge on any atom is 0.337 e. The summed E-state index contributed by atoms with van der Waals surface area (Å²) in [7, 11) is 1.09. The molecule has 0 saturated heterocycles. The van der Waals surface area contributed by atoms with Crippen LogP contribution in [0.3, 0.4) is 0 Å². The number of aliphatic hydroxyl groups is 2. The van der Waals surface area contributed by atoms with Crippen LogP contribution in [0.2, 0.25) is 0 Å². The Labute approximate surface area is 91.5 Å². The molecular formula is C10H11NO5. The van der Waals surface area contributed by atoms with E-state index in [4.69, 9.17) is 0 Å². The number of aliphatic hydroxyl groups excluding tert-OH is 2. The molecule has 0 amide bonds. The van der Waals surface area contributed by atoms with Gasteiger partial charge in [0.1, 0.15) is 6.10 Å². The van der Waals surface area contributed by atoms with Gasteiger partial charge in [-0.3, -0.25) is 9.78 Å². The number of nitrogens with zero attached hydrogens (tertiary/aromatic N) is 1. The molecule has 6 heteroatoms. The Hall–Kier alpha value is -1.79. The van der Waals surface area contributed by atoms with Crippen LogP contribution < -0.4 is 0 Å². The number of ether oxygens (including phenoxy) is 1. The van der Waals surface area contributed by atoms with Crippen LogP contribution in [0.25, 0.3) is 0 Å². The van der Waals surface area contributed by atoms with Crippen molar-refractivity contribution in [1.82, 2.24) is 4.98 Å². The normalized spacial score (nSPS) is 13.9. The number of esters is 1. The summed E-state index contributed by atoms with van der Waals surface area (Å²) in [6.07, 6.45) is -0.204. The third-order valence-corrected chi connectivity index (χ3v) is 2.07. The van der Waals surface area contributed by atoms with Gasteiger partial charge < -0.3 is 14.9 Å². The lowest BCUT2D eigenvalue weighted by molar-refractivity contribution is -0.156. The first-order chi connectivity index (χ1) is 7.61. The minimum absolute atomic E-state index is 0.0791. The SMILES string of the molecule is COC(=O)C(O)C(O)c1cnccc1C=O. The molecule has 0 radical (unpaired) electrons. The van der Waals surface area contributed by atoms with Crippen LogP contribution in [-0.4, -0.2) is 40.7 Å². The second-order valence-corrected chi connectivity index (χ2v) is 3.04. The molecule has 1 aromatic heterocycles. The molecule has 1 heterocycles. The lowest BCUT2D eigenvalue weighted by Gasteiger charge is -2.16. The second kappa shape index (κ2) is 5.34. The molecule has 16 heavy (non-hydrogen) atoms. The molecule has 0 aliphatic carbocycles. The molecule has 0 aliphatic heterocycles. The van der Waals surface area contributed by atoms with Crippen LogP contribution in [0.5, 0.6) is 0 Å². The fourth-order valence-electron chi connectivity index (χ4n) is 1.19. The Bertz CT molecular complexity index is 393. The first kappa shape index (κ1) is 12.3. The fraction of sp³-hybridized carbons (Fsp3) is 0.300. The standard InChI is InChI=1S/C10H11NO5/c1-16-10(15)9(14)8(13)7-4-11-3-2-6(7)5-12/h2-5,8-9,13-14H,1H3. The van der Waals surface area contributed by atoms with Crippen molar-refractivity contribution < 1.29 is 24.5 Å². The van der Waals surface area contributed by atoms with Gasteiger partial charge in [-0.25, -0.2) is 4.79 Å². The van der Waals surface area contributed by atoms with E-state index in [9.17, 15) is 19.8 Å². The summed E-state index contributed by atoms with van der Waals surface area (Å²) in [5.74, 6) is -0.979. The zero-order valence-electron chi connectivity index (χ0n) is 8.53. The Morgan fingerprint density at radius 2 is 2.25 bits per heavy atom. The minimum Gasteiger partial charge on any atom is -0.467 e. The molecule has 1 aromatic rings. The number of hydrogen-bond donors (Lipinski definition) is 2. The Morgan fingerprint density at radius 3 is 2.81 bits per heavy atom. The van der Waals surface area contributed by atoms with E-state index >= 15 is 0 Å². The van der Waals surface area contributed by atoms with Gasteiger partial charge in [-0.15, -0.1) is 0 Å². The lowest BCUT2D eigenvalue weighted by atomic mass is 10.0. The molecule has 0 saturated carbocycles. The number of hydrogen-bond acceptors (Lipinski definition) is 6. The average molecular weight is 225 g/mol. The summed E-state index contributed by atoms with van der Waals surface area (Å²) < 4.78 is 4.27. The van der Waals surface area contributed by atoms with E-state index in [1.54, 1.807) is 0 Å². The van der Waals surface area contributed by atoms with E-state index in [0.29, 0.717) is 6.29 Å². The van der Waals surface area contributed by atoms with Crippen LogP contribution in [-0.2, 0) is 9.53 Å². The van der Waals surface area contributed by atoms with E-state index in [1.807, 2.05) is 0 Å². The number of aldehydes is 1. The monoisotopic (exact) mass is 225 g/mol. The maximum atomic E-state index is 11.0. The quantitative estimate of drug-likeness (QED) is 0.527. The van der Waals surface area contributed by atoms with Gasteiger partial charge in [-0.05, 0) is 6.07 Å². The van der Waals surface area contributed by atoms with Crippen molar-refractivity contribution in [1.29, 1.82) is 0 Å². The molecule has 2 atom stereocenters. The highest BCUT2D eigenvalue weighted by Gasteiger charge is 2.28. The van der Waals surface area contributed by atoms with Crippen molar-refractivity contribution in [3.63, 3.8) is 0 Å². The summed E-state index contributed by atoms with van der Waals surface area (Å²) in [5, 5.41) is 19.0. The zero-order chi connectivity index (χ0) is 12.1. The first-order valence-corrected chi connectivity index (χ1v) is 4.45. The zero-order valence-corrected chi connectivity index (χ0v) is 8.53. The van der Waals surface area contributed by atoms with E-state index in [1.165, 1.54) is 18.5 Å². The van der Waals surface area contributed by atoms with Crippen LogP contribution in [0.4, 0.5) is 0 Å². The molecule has 0 bridgehead atoms.